The second kappa shape index (κ2) is 9.17. The van der Waals surface area contributed by atoms with Crippen LogP contribution in [0.3, 0.4) is 0 Å². The number of carbonyl (C=O) groups excluding carboxylic acids is 1. The molecule has 4 aliphatic carbocycles. The van der Waals surface area contributed by atoms with Crippen molar-refractivity contribution in [2.45, 2.75) is 109 Å². The van der Waals surface area contributed by atoms with Crippen LogP contribution >= 0.6 is 0 Å². The van der Waals surface area contributed by atoms with Crippen molar-refractivity contribution in [3.8, 4) is 5.75 Å². The number of carbonyl (C=O) groups is 1. The first-order valence-corrected chi connectivity index (χ1v) is 15.2. The highest BCUT2D eigenvalue weighted by Crippen LogP contribution is 2.66. The molecule has 3 saturated carbocycles. The van der Waals surface area contributed by atoms with Gasteiger partial charge in [0, 0.05) is 37.0 Å². The Morgan fingerprint density at radius 2 is 1.82 bits per heavy atom. The van der Waals surface area contributed by atoms with Crippen molar-refractivity contribution >= 4 is 5.78 Å². The maximum Gasteiger partial charge on any atom is 0.199 e. The lowest BCUT2D eigenvalue weighted by molar-refractivity contribution is -0.192. The molecule has 0 amide bonds. The van der Waals surface area contributed by atoms with E-state index in [-0.39, 0.29) is 28.8 Å². The zero-order chi connectivity index (χ0) is 26.1. The van der Waals surface area contributed by atoms with E-state index in [2.05, 4.69) is 39.0 Å². The normalized spacial score (nSPS) is 40.1. The monoisotopic (exact) mass is 520 g/mol. The molecule has 0 bridgehead atoms. The predicted molar refractivity (Wildman–Crippen MR) is 145 cm³/mol. The first kappa shape index (κ1) is 25.3. The van der Waals surface area contributed by atoms with Gasteiger partial charge < -0.3 is 18.9 Å². The molecule has 0 N–H and O–H groups in total. The van der Waals surface area contributed by atoms with Crippen molar-refractivity contribution in [2.24, 2.45) is 22.7 Å². The van der Waals surface area contributed by atoms with Gasteiger partial charge in [-0.2, -0.15) is 0 Å². The van der Waals surface area contributed by atoms with Crippen LogP contribution in [0.4, 0.5) is 0 Å². The lowest BCUT2D eigenvalue weighted by atomic mass is 9.49. The zero-order valence-corrected chi connectivity index (χ0v) is 23.5. The number of allylic oxidation sites excluding steroid dienone is 2. The van der Waals surface area contributed by atoms with Gasteiger partial charge in [0.15, 0.2) is 12.1 Å². The van der Waals surface area contributed by atoms with Gasteiger partial charge in [-0.15, -0.1) is 0 Å². The Kier molecular flexibility index (Phi) is 6.11. The highest BCUT2D eigenvalue weighted by molar-refractivity contribution is 5.87. The maximum atomic E-state index is 13.4. The quantitative estimate of drug-likeness (QED) is 0.401. The summed E-state index contributed by atoms with van der Waals surface area (Å²) < 4.78 is 24.6. The molecule has 2 aliphatic heterocycles. The van der Waals surface area contributed by atoms with E-state index in [4.69, 9.17) is 18.9 Å². The van der Waals surface area contributed by atoms with Crippen molar-refractivity contribution < 1.29 is 23.7 Å². The summed E-state index contributed by atoms with van der Waals surface area (Å²) in [5.41, 5.74) is 5.76. The molecule has 6 atom stereocenters. The fraction of sp³-hybridized carbons (Fsp3) is 0.727. The zero-order valence-electron chi connectivity index (χ0n) is 23.5. The summed E-state index contributed by atoms with van der Waals surface area (Å²) in [5, 5.41) is 0. The number of fused-ring (bicyclic) bond motifs is 4. The Balaban J connectivity index is 1.27. The van der Waals surface area contributed by atoms with Crippen LogP contribution in [-0.2, 0) is 19.0 Å². The van der Waals surface area contributed by atoms with Crippen LogP contribution in [0.5, 0.6) is 5.75 Å². The third kappa shape index (κ3) is 3.94. The van der Waals surface area contributed by atoms with Crippen LogP contribution < -0.4 is 4.74 Å². The molecule has 2 saturated heterocycles. The molecule has 5 nitrogen and oxygen atoms in total. The Morgan fingerprint density at radius 3 is 2.58 bits per heavy atom. The van der Waals surface area contributed by atoms with Crippen molar-refractivity contribution in [1.82, 2.24) is 0 Å². The van der Waals surface area contributed by atoms with E-state index in [1.807, 2.05) is 0 Å². The van der Waals surface area contributed by atoms with Gasteiger partial charge in [-0.1, -0.05) is 37.1 Å². The van der Waals surface area contributed by atoms with Crippen molar-refractivity contribution in [3.63, 3.8) is 0 Å². The summed E-state index contributed by atoms with van der Waals surface area (Å²) in [7, 11) is 0. The van der Waals surface area contributed by atoms with Gasteiger partial charge in [-0.3, -0.25) is 4.79 Å². The van der Waals surface area contributed by atoms with E-state index in [1.54, 1.807) is 11.1 Å². The van der Waals surface area contributed by atoms with Gasteiger partial charge >= 0.3 is 0 Å². The van der Waals surface area contributed by atoms with E-state index in [0.29, 0.717) is 17.6 Å². The van der Waals surface area contributed by atoms with Gasteiger partial charge in [0.05, 0.1) is 19.8 Å². The molecule has 0 aromatic heterocycles. The fourth-order valence-electron chi connectivity index (χ4n) is 9.43. The number of benzene rings is 1. The SMILES string of the molecule is Cc1cc([C@H]2C[C@]3(C)C(=O)CCC3C3CC[C@@]4(C)CC5(CCC4=C32)OCCO5)ccc1OC1CCCCO1. The minimum atomic E-state index is -0.385. The number of hydrogen-bond donors (Lipinski definition) is 0. The summed E-state index contributed by atoms with van der Waals surface area (Å²) in [6.07, 6.45) is 11.2. The number of rotatable bonds is 3. The number of hydrogen-bond acceptors (Lipinski definition) is 5. The molecule has 0 radical (unpaired) electrons. The van der Waals surface area contributed by atoms with Crippen LogP contribution in [0.25, 0.3) is 0 Å². The predicted octanol–water partition coefficient (Wildman–Crippen LogP) is 7.01. The molecule has 6 aliphatic rings. The molecule has 3 unspecified atom stereocenters. The van der Waals surface area contributed by atoms with E-state index in [0.717, 1.165) is 88.9 Å². The molecular formula is C33H44O5. The second-order valence-corrected chi connectivity index (χ2v) is 13.6. The Bertz CT molecular complexity index is 1140. The summed E-state index contributed by atoms with van der Waals surface area (Å²) in [6, 6.07) is 6.78. The Labute approximate surface area is 227 Å². The molecule has 5 fully saturated rings. The minimum absolute atomic E-state index is 0.111. The minimum Gasteiger partial charge on any atom is -0.465 e. The smallest absolute Gasteiger partial charge is 0.199 e. The molecule has 7 rings (SSSR count). The van der Waals surface area contributed by atoms with E-state index < -0.39 is 0 Å². The van der Waals surface area contributed by atoms with Gasteiger partial charge in [0.1, 0.15) is 11.5 Å². The first-order chi connectivity index (χ1) is 18.3. The van der Waals surface area contributed by atoms with Crippen LogP contribution in [0.15, 0.2) is 29.3 Å². The standard InChI is InChI=1S/C33H44O5/c1-21-18-22(7-9-27(21)38-29-6-4-5-15-35-29)24-19-32(3)25(8-10-28(32)34)23-11-13-31(2)20-33(36-16-17-37-33)14-12-26(31)30(23)24/h7,9,18,23-25,29H,4-6,8,10-17,19-20H2,1-3H3/t23?,24-,25?,29?,31+,32+/m1/s1. The average Bonchev–Trinajstić information content (AvgIpc) is 3.48. The van der Waals surface area contributed by atoms with Crippen molar-refractivity contribution in [2.75, 3.05) is 19.8 Å². The van der Waals surface area contributed by atoms with Crippen LogP contribution in [0, 0.1) is 29.6 Å². The Morgan fingerprint density at radius 1 is 0.974 bits per heavy atom. The summed E-state index contributed by atoms with van der Waals surface area (Å²) in [5.74, 6) is 2.32. The third-order valence-corrected chi connectivity index (χ3v) is 11.3. The fourth-order valence-corrected chi connectivity index (χ4v) is 9.43. The van der Waals surface area contributed by atoms with Gasteiger partial charge in [-0.05, 0) is 86.3 Å². The third-order valence-electron chi connectivity index (χ3n) is 11.3. The number of ether oxygens (including phenoxy) is 4. The molecular weight excluding hydrogens is 476 g/mol. The lowest BCUT2D eigenvalue weighted by Crippen LogP contribution is -2.49. The van der Waals surface area contributed by atoms with Gasteiger partial charge in [0.2, 0.25) is 0 Å². The molecule has 1 aromatic rings. The molecule has 5 heteroatoms. The summed E-state index contributed by atoms with van der Waals surface area (Å²) >= 11 is 0. The summed E-state index contributed by atoms with van der Waals surface area (Å²) in [4.78, 5) is 13.4. The van der Waals surface area contributed by atoms with Crippen molar-refractivity contribution in [1.29, 1.82) is 0 Å². The molecule has 2 heterocycles. The number of ketones is 1. The number of Topliss-reactive ketones (excluding diaryl/α,β-unsaturated/α-hetero) is 1. The van der Waals surface area contributed by atoms with Crippen molar-refractivity contribution in [3.05, 3.63) is 40.5 Å². The van der Waals surface area contributed by atoms with Gasteiger partial charge in [-0.25, -0.2) is 0 Å². The first-order valence-electron chi connectivity index (χ1n) is 15.2. The lowest BCUT2D eigenvalue weighted by Gasteiger charge is -2.56. The highest BCUT2D eigenvalue weighted by atomic mass is 16.7. The summed E-state index contributed by atoms with van der Waals surface area (Å²) in [6.45, 7) is 9.14. The average molecular weight is 521 g/mol. The molecule has 1 aromatic carbocycles. The largest absolute Gasteiger partial charge is 0.465 e. The number of aryl methyl sites for hydroxylation is 1. The van der Waals surface area contributed by atoms with E-state index in [1.165, 1.54) is 18.4 Å². The van der Waals surface area contributed by atoms with Crippen LogP contribution in [0.2, 0.25) is 0 Å². The van der Waals surface area contributed by atoms with Gasteiger partial charge in [0.25, 0.3) is 0 Å². The van der Waals surface area contributed by atoms with Crippen LogP contribution in [0.1, 0.15) is 102 Å². The van der Waals surface area contributed by atoms with Crippen LogP contribution in [-0.4, -0.2) is 37.7 Å². The van der Waals surface area contributed by atoms with E-state index >= 15 is 0 Å². The maximum absolute atomic E-state index is 13.4. The van der Waals surface area contributed by atoms with E-state index in [9.17, 15) is 4.79 Å². The molecule has 38 heavy (non-hydrogen) atoms. The Hall–Kier alpha value is -1.69. The molecule has 206 valence electrons. The molecule has 1 spiro atoms. The second-order valence-electron chi connectivity index (χ2n) is 13.6. The highest BCUT2D eigenvalue weighted by Gasteiger charge is 2.59. The topological polar surface area (TPSA) is 54.0 Å².